The Hall–Kier alpha value is -1.18. The first-order valence-corrected chi connectivity index (χ1v) is 7.19. The van der Waals surface area contributed by atoms with Gasteiger partial charge in [-0.05, 0) is 37.8 Å². The molecule has 0 aromatic rings. The first-order chi connectivity index (χ1) is 8.70. The van der Waals surface area contributed by atoms with E-state index < -0.39 is 0 Å². The zero-order chi connectivity index (χ0) is 13.4. The fraction of sp³-hybridized carbons (Fsp3) is 0.625. The van der Waals surface area contributed by atoms with Crippen LogP contribution in [0.15, 0.2) is 23.3 Å². The van der Waals surface area contributed by atoms with Gasteiger partial charge in [-0.25, -0.2) is 0 Å². The van der Waals surface area contributed by atoms with Gasteiger partial charge in [0.05, 0.1) is 0 Å². The third-order valence-corrected chi connectivity index (χ3v) is 3.41. The maximum atomic E-state index is 11.9. The van der Waals surface area contributed by atoms with E-state index in [2.05, 4.69) is 13.8 Å². The van der Waals surface area contributed by atoms with E-state index in [0.29, 0.717) is 0 Å². The van der Waals surface area contributed by atoms with Gasteiger partial charge in [0.1, 0.15) is 0 Å². The first kappa shape index (κ1) is 14.9. The van der Waals surface area contributed by atoms with Gasteiger partial charge >= 0.3 is 0 Å². The Balaban J connectivity index is 2.73. The molecule has 1 rings (SSSR count). The second kappa shape index (κ2) is 8.02. The van der Waals surface area contributed by atoms with Crippen molar-refractivity contribution in [3.05, 3.63) is 23.3 Å². The third-order valence-electron chi connectivity index (χ3n) is 3.41. The van der Waals surface area contributed by atoms with Crippen molar-refractivity contribution in [2.75, 3.05) is 0 Å². The molecule has 1 aliphatic carbocycles. The summed E-state index contributed by atoms with van der Waals surface area (Å²) < 4.78 is 0. The standard InChI is InChI=1S/C16H24O2/c1-3-5-7-9-13-14(10-8-6-4-2)16(18)12-11-15(13)17/h11-12H,3-10H2,1-2H3. The molecule has 100 valence electrons. The van der Waals surface area contributed by atoms with Crippen molar-refractivity contribution in [3.63, 3.8) is 0 Å². The van der Waals surface area contributed by atoms with Gasteiger partial charge in [-0.2, -0.15) is 0 Å². The number of carbonyl (C=O) groups is 2. The molecule has 2 heteroatoms. The largest absolute Gasteiger partial charge is 0.290 e. The van der Waals surface area contributed by atoms with Crippen molar-refractivity contribution in [1.82, 2.24) is 0 Å². The molecule has 0 N–H and O–H groups in total. The summed E-state index contributed by atoms with van der Waals surface area (Å²) in [6, 6.07) is 0. The molecule has 0 aliphatic heterocycles. The van der Waals surface area contributed by atoms with Gasteiger partial charge in [-0.3, -0.25) is 9.59 Å². The Labute approximate surface area is 110 Å². The predicted octanol–water partition coefficient (Wildman–Crippen LogP) is 4.15. The summed E-state index contributed by atoms with van der Waals surface area (Å²) in [5.41, 5.74) is 1.57. The average molecular weight is 248 g/mol. The first-order valence-electron chi connectivity index (χ1n) is 7.19. The zero-order valence-electron chi connectivity index (χ0n) is 11.6. The van der Waals surface area contributed by atoms with Crippen LogP contribution in [-0.4, -0.2) is 11.6 Å². The van der Waals surface area contributed by atoms with E-state index in [1.807, 2.05) is 0 Å². The van der Waals surface area contributed by atoms with Crippen LogP contribution in [0.25, 0.3) is 0 Å². The van der Waals surface area contributed by atoms with Gasteiger partial charge in [0.2, 0.25) is 0 Å². The molecule has 0 heterocycles. The minimum Gasteiger partial charge on any atom is -0.290 e. The van der Waals surface area contributed by atoms with Crippen molar-refractivity contribution in [2.24, 2.45) is 0 Å². The van der Waals surface area contributed by atoms with Gasteiger partial charge < -0.3 is 0 Å². The molecule has 0 atom stereocenters. The van der Waals surface area contributed by atoms with Crippen LogP contribution >= 0.6 is 0 Å². The normalized spacial score (nSPS) is 15.7. The zero-order valence-corrected chi connectivity index (χ0v) is 11.6. The summed E-state index contributed by atoms with van der Waals surface area (Å²) in [6.45, 7) is 4.29. The molecule has 0 fully saturated rings. The number of hydrogen-bond donors (Lipinski definition) is 0. The Morgan fingerprint density at radius 1 is 0.722 bits per heavy atom. The Kier molecular flexibility index (Phi) is 6.63. The topological polar surface area (TPSA) is 34.1 Å². The highest BCUT2D eigenvalue weighted by molar-refractivity contribution is 6.20. The van der Waals surface area contributed by atoms with Crippen LogP contribution in [0.3, 0.4) is 0 Å². The van der Waals surface area contributed by atoms with E-state index in [1.165, 1.54) is 12.2 Å². The highest BCUT2D eigenvalue weighted by Gasteiger charge is 2.21. The highest BCUT2D eigenvalue weighted by atomic mass is 16.1. The molecule has 0 unspecified atom stereocenters. The lowest BCUT2D eigenvalue weighted by molar-refractivity contribution is -0.115. The number of carbonyl (C=O) groups excluding carboxylic acids is 2. The quantitative estimate of drug-likeness (QED) is 0.477. The van der Waals surface area contributed by atoms with Crippen LogP contribution < -0.4 is 0 Å². The molecule has 1 aliphatic rings. The molecular weight excluding hydrogens is 224 g/mol. The van der Waals surface area contributed by atoms with Crippen LogP contribution in [-0.2, 0) is 9.59 Å². The van der Waals surface area contributed by atoms with Gasteiger partial charge in [-0.1, -0.05) is 39.5 Å². The van der Waals surface area contributed by atoms with Gasteiger partial charge in [0.15, 0.2) is 11.6 Å². The molecule has 0 aromatic carbocycles. The lowest BCUT2D eigenvalue weighted by Crippen LogP contribution is -2.15. The van der Waals surface area contributed by atoms with E-state index in [4.69, 9.17) is 0 Å². The van der Waals surface area contributed by atoms with Crippen molar-refractivity contribution < 1.29 is 9.59 Å². The Bertz CT molecular complexity index is 327. The van der Waals surface area contributed by atoms with E-state index in [0.717, 1.165) is 62.5 Å². The van der Waals surface area contributed by atoms with Gasteiger partial charge in [0.25, 0.3) is 0 Å². The maximum absolute atomic E-state index is 11.9. The van der Waals surface area contributed by atoms with Crippen molar-refractivity contribution in [2.45, 2.75) is 65.2 Å². The summed E-state index contributed by atoms with van der Waals surface area (Å²) in [7, 11) is 0. The minimum absolute atomic E-state index is 0.0530. The summed E-state index contributed by atoms with van der Waals surface area (Å²) in [4.78, 5) is 23.8. The number of unbranched alkanes of at least 4 members (excludes halogenated alkanes) is 4. The lowest BCUT2D eigenvalue weighted by atomic mass is 9.88. The van der Waals surface area contributed by atoms with Crippen molar-refractivity contribution in [1.29, 1.82) is 0 Å². The van der Waals surface area contributed by atoms with Crippen LogP contribution in [0.1, 0.15) is 65.2 Å². The van der Waals surface area contributed by atoms with E-state index in [-0.39, 0.29) is 11.6 Å². The number of allylic oxidation sites excluding steroid dienone is 4. The number of rotatable bonds is 8. The molecule has 0 spiro atoms. The second-order valence-electron chi connectivity index (χ2n) is 4.93. The van der Waals surface area contributed by atoms with E-state index >= 15 is 0 Å². The van der Waals surface area contributed by atoms with Gasteiger partial charge in [0, 0.05) is 11.1 Å². The molecule has 0 amide bonds. The fourth-order valence-corrected chi connectivity index (χ4v) is 2.30. The van der Waals surface area contributed by atoms with Gasteiger partial charge in [-0.15, -0.1) is 0 Å². The number of ketones is 2. The molecule has 0 saturated heterocycles. The van der Waals surface area contributed by atoms with E-state index in [1.54, 1.807) is 0 Å². The lowest BCUT2D eigenvalue weighted by Gasteiger charge is -2.14. The smallest absolute Gasteiger partial charge is 0.182 e. The SMILES string of the molecule is CCCCCC1=C(CCCCC)C(=O)C=CC1=O. The highest BCUT2D eigenvalue weighted by Crippen LogP contribution is 2.24. The summed E-state index contributed by atoms with van der Waals surface area (Å²) >= 11 is 0. The van der Waals surface area contributed by atoms with Crippen LogP contribution in [0.4, 0.5) is 0 Å². The Morgan fingerprint density at radius 2 is 1.11 bits per heavy atom. The monoisotopic (exact) mass is 248 g/mol. The molecule has 0 saturated carbocycles. The molecule has 0 radical (unpaired) electrons. The molecule has 2 nitrogen and oxygen atoms in total. The van der Waals surface area contributed by atoms with Crippen molar-refractivity contribution in [3.8, 4) is 0 Å². The predicted molar refractivity (Wildman–Crippen MR) is 74.5 cm³/mol. The Morgan fingerprint density at radius 3 is 1.44 bits per heavy atom. The minimum atomic E-state index is 0.0530. The van der Waals surface area contributed by atoms with Crippen LogP contribution in [0.2, 0.25) is 0 Å². The van der Waals surface area contributed by atoms with Crippen LogP contribution in [0.5, 0.6) is 0 Å². The summed E-state index contributed by atoms with van der Waals surface area (Å²) in [5, 5.41) is 0. The summed E-state index contributed by atoms with van der Waals surface area (Å²) in [5.74, 6) is 0.106. The van der Waals surface area contributed by atoms with Crippen molar-refractivity contribution >= 4 is 11.6 Å². The molecular formula is C16H24O2. The second-order valence-corrected chi connectivity index (χ2v) is 4.93. The van der Waals surface area contributed by atoms with Crippen LogP contribution in [0, 0.1) is 0 Å². The molecule has 0 bridgehead atoms. The summed E-state index contributed by atoms with van der Waals surface area (Å²) in [6.07, 6.45) is 10.9. The molecule has 0 aromatic heterocycles. The molecule has 18 heavy (non-hydrogen) atoms. The fourth-order valence-electron chi connectivity index (χ4n) is 2.30. The number of hydrogen-bond acceptors (Lipinski definition) is 2. The van der Waals surface area contributed by atoms with E-state index in [9.17, 15) is 9.59 Å². The third kappa shape index (κ3) is 4.25. The average Bonchev–Trinajstić information content (AvgIpc) is 2.36. The maximum Gasteiger partial charge on any atom is 0.182 e.